The molecular weight excluding hydrogens is 328 g/mol. The lowest BCUT2D eigenvalue weighted by Gasteiger charge is -2.20. The molecule has 0 bridgehead atoms. The van der Waals surface area contributed by atoms with Crippen LogP contribution in [0.1, 0.15) is 38.9 Å². The lowest BCUT2D eigenvalue weighted by Crippen LogP contribution is -2.23. The van der Waals surface area contributed by atoms with Crippen molar-refractivity contribution < 1.29 is 9.90 Å². The lowest BCUT2D eigenvalue weighted by atomic mass is 10.1. The maximum absolute atomic E-state index is 12.2. The van der Waals surface area contributed by atoms with E-state index in [9.17, 15) is 9.90 Å². The Labute approximate surface area is 151 Å². The summed E-state index contributed by atoms with van der Waals surface area (Å²) in [6.45, 7) is 3.93. The fourth-order valence-electron chi connectivity index (χ4n) is 3.66. The molecule has 2 atom stereocenters. The molecule has 3 N–H and O–H groups in total. The van der Waals surface area contributed by atoms with Crippen molar-refractivity contribution in [3.05, 3.63) is 64.6 Å². The van der Waals surface area contributed by atoms with E-state index >= 15 is 0 Å². The Balaban J connectivity index is 1.83. The third-order valence-electron chi connectivity index (χ3n) is 5.20. The van der Waals surface area contributed by atoms with Crippen molar-refractivity contribution in [1.29, 1.82) is 0 Å². The molecule has 0 saturated heterocycles. The van der Waals surface area contributed by atoms with Gasteiger partial charge in [0, 0.05) is 25.4 Å². The van der Waals surface area contributed by atoms with Crippen molar-refractivity contribution in [2.24, 2.45) is 0 Å². The monoisotopic (exact) mass is 350 g/mol. The van der Waals surface area contributed by atoms with Gasteiger partial charge in [-0.1, -0.05) is 24.3 Å². The first-order chi connectivity index (χ1) is 12.5. The highest BCUT2D eigenvalue weighted by Gasteiger charge is 2.31. The van der Waals surface area contributed by atoms with Crippen LogP contribution < -0.4 is 10.6 Å². The third kappa shape index (κ3) is 2.54. The van der Waals surface area contributed by atoms with Gasteiger partial charge in [-0.15, -0.1) is 0 Å². The van der Waals surface area contributed by atoms with Crippen LogP contribution in [0.5, 0.6) is 0 Å². The summed E-state index contributed by atoms with van der Waals surface area (Å²) in [6, 6.07) is 9.61. The van der Waals surface area contributed by atoms with Gasteiger partial charge in [-0.2, -0.15) is 0 Å². The second-order valence-electron chi connectivity index (χ2n) is 6.79. The van der Waals surface area contributed by atoms with Gasteiger partial charge in [0.2, 0.25) is 0 Å². The second kappa shape index (κ2) is 6.14. The molecule has 1 amide bonds. The molecule has 134 valence electrons. The van der Waals surface area contributed by atoms with Crippen LogP contribution in [0.3, 0.4) is 0 Å². The quantitative estimate of drug-likeness (QED) is 0.678. The van der Waals surface area contributed by atoms with E-state index in [4.69, 9.17) is 0 Å². The van der Waals surface area contributed by atoms with E-state index < -0.39 is 6.10 Å². The number of nitrogens with zero attached hydrogens (tertiary/aromatic N) is 2. The van der Waals surface area contributed by atoms with Crippen molar-refractivity contribution >= 4 is 17.2 Å². The number of anilines is 1. The number of benzene rings is 1. The predicted molar refractivity (Wildman–Crippen MR) is 101 cm³/mol. The molecule has 6 nitrogen and oxygen atoms in total. The molecule has 1 aliphatic carbocycles. The zero-order chi connectivity index (χ0) is 18.4. The van der Waals surface area contributed by atoms with Crippen molar-refractivity contribution in [1.82, 2.24) is 14.7 Å². The SMILES string of the molecule is CNC(=O)c1cc(N[C@H]2c3ccccc3C[C@@H]2O)c2nc(C)c(C)n2c1. The zero-order valence-electron chi connectivity index (χ0n) is 15.1. The van der Waals surface area contributed by atoms with E-state index in [0.29, 0.717) is 12.0 Å². The molecule has 0 radical (unpaired) electrons. The average molecular weight is 350 g/mol. The van der Waals surface area contributed by atoms with E-state index in [2.05, 4.69) is 15.6 Å². The summed E-state index contributed by atoms with van der Waals surface area (Å²) >= 11 is 0. The van der Waals surface area contributed by atoms with Crippen molar-refractivity contribution in [2.45, 2.75) is 32.4 Å². The van der Waals surface area contributed by atoms with Gasteiger partial charge >= 0.3 is 0 Å². The number of amides is 1. The molecule has 0 fully saturated rings. The molecule has 0 saturated carbocycles. The van der Waals surface area contributed by atoms with E-state index in [0.717, 1.165) is 33.8 Å². The van der Waals surface area contributed by atoms with Gasteiger partial charge in [0.15, 0.2) is 5.65 Å². The number of carbonyl (C=O) groups excluding carboxylic acids is 1. The van der Waals surface area contributed by atoms with Crippen molar-refractivity contribution in [3.8, 4) is 0 Å². The van der Waals surface area contributed by atoms with E-state index in [1.54, 1.807) is 19.3 Å². The molecule has 0 spiro atoms. The molecule has 0 aliphatic heterocycles. The standard InChI is InChI=1S/C20H22N4O2/c1-11-12(2)24-10-14(20(26)21-3)8-16(19(24)22-11)23-18-15-7-5-4-6-13(15)9-17(18)25/h4-8,10,17-18,23,25H,9H2,1-3H3,(H,21,26)/t17-,18-/m0/s1. The highest BCUT2D eigenvalue weighted by Crippen LogP contribution is 2.35. The Kier molecular flexibility index (Phi) is 3.92. The third-order valence-corrected chi connectivity index (χ3v) is 5.20. The molecule has 4 rings (SSSR count). The average Bonchev–Trinajstić information content (AvgIpc) is 3.11. The maximum atomic E-state index is 12.2. The van der Waals surface area contributed by atoms with Crippen LogP contribution in [0.4, 0.5) is 5.69 Å². The summed E-state index contributed by atoms with van der Waals surface area (Å²) in [6.07, 6.45) is 1.90. The number of nitrogens with one attached hydrogen (secondary N) is 2. The molecule has 6 heteroatoms. The first-order valence-electron chi connectivity index (χ1n) is 8.73. The van der Waals surface area contributed by atoms with Crippen LogP contribution in [0.2, 0.25) is 0 Å². The number of pyridine rings is 1. The number of fused-ring (bicyclic) bond motifs is 2. The molecular formula is C20H22N4O2. The summed E-state index contributed by atoms with van der Waals surface area (Å²) in [5.74, 6) is -0.159. The Morgan fingerprint density at radius 3 is 2.85 bits per heavy atom. The van der Waals surface area contributed by atoms with Crippen molar-refractivity contribution in [2.75, 3.05) is 12.4 Å². The lowest BCUT2D eigenvalue weighted by molar-refractivity contribution is 0.0962. The minimum Gasteiger partial charge on any atom is -0.390 e. The molecule has 2 heterocycles. The summed E-state index contributed by atoms with van der Waals surface area (Å²) in [5, 5.41) is 16.7. The molecule has 3 aromatic rings. The number of aromatic nitrogens is 2. The van der Waals surface area contributed by atoms with Crippen LogP contribution in [0.25, 0.3) is 5.65 Å². The molecule has 0 unspecified atom stereocenters. The molecule has 26 heavy (non-hydrogen) atoms. The highest BCUT2D eigenvalue weighted by atomic mass is 16.3. The van der Waals surface area contributed by atoms with Gasteiger partial charge < -0.3 is 20.1 Å². The van der Waals surface area contributed by atoms with Crippen LogP contribution >= 0.6 is 0 Å². The van der Waals surface area contributed by atoms with Gasteiger partial charge in [0.25, 0.3) is 5.91 Å². The Bertz CT molecular complexity index is 1010. The van der Waals surface area contributed by atoms with Gasteiger partial charge in [-0.25, -0.2) is 4.98 Å². The van der Waals surface area contributed by atoms with Crippen LogP contribution in [0, 0.1) is 13.8 Å². The highest BCUT2D eigenvalue weighted by molar-refractivity contribution is 5.95. The molecule has 1 aromatic carbocycles. The number of aliphatic hydroxyl groups is 1. The zero-order valence-corrected chi connectivity index (χ0v) is 15.1. The van der Waals surface area contributed by atoms with Crippen LogP contribution in [-0.2, 0) is 6.42 Å². The topological polar surface area (TPSA) is 78.7 Å². The summed E-state index contributed by atoms with van der Waals surface area (Å²) in [4.78, 5) is 16.9. The number of aryl methyl sites for hydroxylation is 2. The summed E-state index contributed by atoms with van der Waals surface area (Å²) in [5.41, 5.74) is 6.17. The Hall–Kier alpha value is -2.86. The van der Waals surface area contributed by atoms with Gasteiger partial charge in [-0.05, 0) is 31.0 Å². The number of carbonyl (C=O) groups is 1. The number of imidazole rings is 1. The first kappa shape index (κ1) is 16.6. The largest absolute Gasteiger partial charge is 0.390 e. The fraction of sp³-hybridized carbons (Fsp3) is 0.300. The fourth-order valence-corrected chi connectivity index (χ4v) is 3.66. The minimum atomic E-state index is -0.520. The maximum Gasteiger partial charge on any atom is 0.252 e. The van der Waals surface area contributed by atoms with Crippen LogP contribution in [-0.4, -0.2) is 33.6 Å². The normalized spacial score (nSPS) is 18.8. The second-order valence-corrected chi connectivity index (χ2v) is 6.79. The van der Waals surface area contributed by atoms with Gasteiger partial charge in [0.1, 0.15) is 0 Å². The van der Waals surface area contributed by atoms with Gasteiger partial charge in [0.05, 0.1) is 29.1 Å². The van der Waals surface area contributed by atoms with E-state index in [1.807, 2.05) is 42.5 Å². The number of rotatable bonds is 3. The first-order valence-corrected chi connectivity index (χ1v) is 8.73. The van der Waals surface area contributed by atoms with Gasteiger partial charge in [-0.3, -0.25) is 4.79 Å². The molecule has 1 aliphatic rings. The summed E-state index contributed by atoms with van der Waals surface area (Å²) < 4.78 is 1.93. The number of hydrogen-bond acceptors (Lipinski definition) is 4. The smallest absolute Gasteiger partial charge is 0.252 e. The summed E-state index contributed by atoms with van der Waals surface area (Å²) in [7, 11) is 1.61. The van der Waals surface area contributed by atoms with Crippen LogP contribution in [0.15, 0.2) is 36.5 Å². The predicted octanol–water partition coefficient (Wildman–Crippen LogP) is 2.38. The molecule has 2 aromatic heterocycles. The van der Waals surface area contributed by atoms with E-state index in [-0.39, 0.29) is 11.9 Å². The Morgan fingerprint density at radius 2 is 2.08 bits per heavy atom. The van der Waals surface area contributed by atoms with E-state index in [1.165, 1.54) is 0 Å². The van der Waals surface area contributed by atoms with Crippen molar-refractivity contribution in [3.63, 3.8) is 0 Å². The Morgan fingerprint density at radius 1 is 1.31 bits per heavy atom. The number of hydrogen-bond donors (Lipinski definition) is 3. The number of aliphatic hydroxyl groups excluding tert-OH is 1. The minimum absolute atomic E-state index is 0.159.